The molecular formula is C9H13N3O2. The molecule has 0 fully saturated rings. The van der Waals surface area contributed by atoms with Crippen LogP contribution in [-0.4, -0.2) is 11.1 Å². The Bertz CT molecular complexity index is 339. The van der Waals surface area contributed by atoms with Crippen LogP contribution >= 0.6 is 0 Å². The molecule has 5 N–H and O–H groups in total. The molecule has 0 radical (unpaired) electrons. The summed E-state index contributed by atoms with van der Waals surface area (Å²) >= 11 is 0. The number of aryl methyl sites for hydroxylation is 1. The topological polar surface area (TPSA) is 87.4 Å². The van der Waals surface area contributed by atoms with E-state index in [0.29, 0.717) is 11.3 Å². The van der Waals surface area contributed by atoms with Gasteiger partial charge in [0.1, 0.15) is 0 Å². The second kappa shape index (κ2) is 4.59. The lowest BCUT2D eigenvalue weighted by Crippen LogP contribution is -2.34. The van der Waals surface area contributed by atoms with Gasteiger partial charge in [-0.05, 0) is 18.6 Å². The van der Waals surface area contributed by atoms with E-state index in [1.54, 1.807) is 12.1 Å². The van der Waals surface area contributed by atoms with Crippen molar-refractivity contribution in [2.24, 2.45) is 5.84 Å². The summed E-state index contributed by atoms with van der Waals surface area (Å²) in [6.07, 6.45) is 0. The number of carbonyl (C=O) groups is 1. The molecule has 0 saturated heterocycles. The summed E-state index contributed by atoms with van der Waals surface area (Å²) in [5.41, 5.74) is 4.13. The Morgan fingerprint density at radius 3 is 2.86 bits per heavy atom. The van der Waals surface area contributed by atoms with Gasteiger partial charge in [0.25, 0.3) is 0 Å². The van der Waals surface area contributed by atoms with Crippen LogP contribution < -0.4 is 16.6 Å². The van der Waals surface area contributed by atoms with E-state index in [-0.39, 0.29) is 6.61 Å². The second-order valence-electron chi connectivity index (χ2n) is 2.86. The number of anilines is 1. The first-order valence-electron chi connectivity index (χ1n) is 4.16. The third-order valence-corrected chi connectivity index (χ3v) is 1.95. The minimum Gasteiger partial charge on any atom is -0.392 e. The molecule has 76 valence electrons. The normalized spacial score (nSPS) is 9.64. The molecule has 0 saturated carbocycles. The molecule has 0 atom stereocenters. The van der Waals surface area contributed by atoms with Crippen molar-refractivity contribution < 1.29 is 9.90 Å². The number of nitrogens with two attached hydrogens (primary N) is 1. The highest BCUT2D eigenvalue weighted by Crippen LogP contribution is 2.18. The van der Waals surface area contributed by atoms with Crippen LogP contribution in [0.5, 0.6) is 0 Å². The molecule has 0 unspecified atom stereocenters. The summed E-state index contributed by atoms with van der Waals surface area (Å²) in [5.74, 6) is 4.92. The van der Waals surface area contributed by atoms with Crippen molar-refractivity contribution in [3.63, 3.8) is 0 Å². The highest BCUT2D eigenvalue weighted by atomic mass is 16.3. The number of hydrazine groups is 1. The smallest absolute Gasteiger partial charge is 0.333 e. The SMILES string of the molecule is Cc1cccc(NC(=O)NN)c1CO. The summed E-state index contributed by atoms with van der Waals surface area (Å²) in [6, 6.07) is 4.84. The van der Waals surface area contributed by atoms with Crippen molar-refractivity contribution in [1.82, 2.24) is 5.43 Å². The molecule has 5 heteroatoms. The summed E-state index contributed by atoms with van der Waals surface area (Å²) in [4.78, 5) is 10.9. The van der Waals surface area contributed by atoms with Crippen LogP contribution in [0.2, 0.25) is 0 Å². The molecule has 0 aliphatic carbocycles. The Labute approximate surface area is 81.9 Å². The first-order valence-corrected chi connectivity index (χ1v) is 4.16. The fourth-order valence-electron chi connectivity index (χ4n) is 1.19. The fourth-order valence-corrected chi connectivity index (χ4v) is 1.19. The van der Waals surface area contributed by atoms with Crippen LogP contribution in [0.1, 0.15) is 11.1 Å². The maximum atomic E-state index is 10.9. The van der Waals surface area contributed by atoms with Crippen LogP contribution in [0.15, 0.2) is 18.2 Å². The number of amides is 2. The quantitative estimate of drug-likeness (QED) is 0.314. The van der Waals surface area contributed by atoms with Gasteiger partial charge in [-0.2, -0.15) is 0 Å². The van der Waals surface area contributed by atoms with Gasteiger partial charge in [-0.15, -0.1) is 0 Å². The minimum atomic E-state index is -0.509. The lowest BCUT2D eigenvalue weighted by atomic mass is 10.1. The Morgan fingerprint density at radius 2 is 2.29 bits per heavy atom. The van der Waals surface area contributed by atoms with E-state index >= 15 is 0 Å². The van der Waals surface area contributed by atoms with Gasteiger partial charge >= 0.3 is 6.03 Å². The van der Waals surface area contributed by atoms with E-state index in [9.17, 15) is 4.79 Å². The summed E-state index contributed by atoms with van der Waals surface area (Å²) < 4.78 is 0. The molecule has 2 amide bonds. The highest BCUT2D eigenvalue weighted by Gasteiger charge is 2.06. The molecular weight excluding hydrogens is 182 g/mol. The highest BCUT2D eigenvalue weighted by molar-refractivity contribution is 5.89. The average Bonchev–Trinajstić information content (AvgIpc) is 2.18. The lowest BCUT2D eigenvalue weighted by Gasteiger charge is -2.10. The van der Waals surface area contributed by atoms with E-state index in [4.69, 9.17) is 10.9 Å². The van der Waals surface area contributed by atoms with Crippen LogP contribution in [-0.2, 0) is 6.61 Å². The number of carbonyl (C=O) groups excluding carboxylic acids is 1. The lowest BCUT2D eigenvalue weighted by molar-refractivity contribution is 0.252. The van der Waals surface area contributed by atoms with Crippen molar-refractivity contribution in [2.75, 3.05) is 5.32 Å². The monoisotopic (exact) mass is 195 g/mol. The molecule has 0 aliphatic heterocycles. The molecule has 5 nitrogen and oxygen atoms in total. The van der Waals surface area contributed by atoms with Gasteiger partial charge in [0.15, 0.2) is 0 Å². The van der Waals surface area contributed by atoms with E-state index < -0.39 is 6.03 Å². The van der Waals surface area contributed by atoms with Gasteiger partial charge in [0, 0.05) is 11.3 Å². The molecule has 0 aromatic heterocycles. The number of benzene rings is 1. The number of aliphatic hydroxyl groups excluding tert-OH is 1. The first kappa shape index (κ1) is 10.5. The third-order valence-electron chi connectivity index (χ3n) is 1.95. The van der Waals surface area contributed by atoms with Crippen LogP contribution in [0.25, 0.3) is 0 Å². The third kappa shape index (κ3) is 2.21. The van der Waals surface area contributed by atoms with Gasteiger partial charge in [-0.1, -0.05) is 12.1 Å². The van der Waals surface area contributed by atoms with Crippen molar-refractivity contribution in [1.29, 1.82) is 0 Å². The number of nitrogens with one attached hydrogen (secondary N) is 2. The largest absolute Gasteiger partial charge is 0.392 e. The molecule has 14 heavy (non-hydrogen) atoms. The van der Waals surface area contributed by atoms with Gasteiger partial charge in [0.05, 0.1) is 6.61 Å². The van der Waals surface area contributed by atoms with Crippen LogP contribution in [0.3, 0.4) is 0 Å². The zero-order valence-electron chi connectivity index (χ0n) is 7.87. The fraction of sp³-hybridized carbons (Fsp3) is 0.222. The van der Waals surface area contributed by atoms with Gasteiger partial charge in [-0.25, -0.2) is 10.6 Å². The van der Waals surface area contributed by atoms with E-state index in [1.807, 2.05) is 18.4 Å². The molecule has 0 spiro atoms. The van der Waals surface area contributed by atoms with E-state index in [2.05, 4.69) is 5.32 Å². The Morgan fingerprint density at radius 1 is 1.57 bits per heavy atom. The number of aliphatic hydroxyl groups is 1. The number of urea groups is 1. The predicted octanol–water partition coefficient (Wildman–Crippen LogP) is 0.483. The predicted molar refractivity (Wildman–Crippen MR) is 53.4 cm³/mol. The zero-order chi connectivity index (χ0) is 10.6. The summed E-state index contributed by atoms with van der Waals surface area (Å²) in [7, 11) is 0. The molecule has 0 heterocycles. The standard InChI is InChI=1S/C9H13N3O2/c1-6-3-2-4-8(7(6)5-13)11-9(14)12-10/h2-4,13H,5,10H2,1H3,(H2,11,12,14). The van der Waals surface area contributed by atoms with Gasteiger partial charge < -0.3 is 10.4 Å². The number of hydrogen-bond acceptors (Lipinski definition) is 3. The zero-order valence-corrected chi connectivity index (χ0v) is 7.87. The van der Waals surface area contributed by atoms with Crippen molar-refractivity contribution in [2.45, 2.75) is 13.5 Å². The van der Waals surface area contributed by atoms with Crippen LogP contribution in [0.4, 0.5) is 10.5 Å². The summed E-state index contributed by atoms with van der Waals surface area (Å²) in [6.45, 7) is 1.74. The van der Waals surface area contributed by atoms with Crippen molar-refractivity contribution in [3.05, 3.63) is 29.3 Å². The Kier molecular flexibility index (Phi) is 3.44. The van der Waals surface area contributed by atoms with Gasteiger partial charge in [0.2, 0.25) is 0 Å². The first-order chi connectivity index (χ1) is 6.69. The molecule has 1 aromatic rings. The second-order valence-corrected chi connectivity index (χ2v) is 2.86. The van der Waals surface area contributed by atoms with Gasteiger partial charge in [-0.3, -0.25) is 5.43 Å². The summed E-state index contributed by atoms with van der Waals surface area (Å²) in [5, 5.41) is 11.6. The Hall–Kier alpha value is -1.59. The average molecular weight is 195 g/mol. The van der Waals surface area contributed by atoms with Crippen LogP contribution in [0, 0.1) is 6.92 Å². The van der Waals surface area contributed by atoms with E-state index in [0.717, 1.165) is 5.56 Å². The molecule has 1 aromatic carbocycles. The maximum absolute atomic E-state index is 10.9. The molecule has 0 aliphatic rings. The maximum Gasteiger partial charge on any atom is 0.333 e. The number of hydrogen-bond donors (Lipinski definition) is 4. The molecule has 0 bridgehead atoms. The van der Waals surface area contributed by atoms with E-state index in [1.165, 1.54) is 0 Å². The Balaban J connectivity index is 2.96. The minimum absolute atomic E-state index is 0.118. The molecule has 1 rings (SSSR count). The number of rotatable bonds is 2. The van der Waals surface area contributed by atoms with Crippen molar-refractivity contribution >= 4 is 11.7 Å². The van der Waals surface area contributed by atoms with Crippen molar-refractivity contribution in [3.8, 4) is 0 Å².